The number of piperidine rings is 1. The summed E-state index contributed by atoms with van der Waals surface area (Å²) < 4.78 is 5.44. The first kappa shape index (κ1) is 18.6. The van der Waals surface area contributed by atoms with Gasteiger partial charge >= 0.3 is 12.2 Å². The molecule has 1 aromatic carbocycles. The maximum absolute atomic E-state index is 12.4. The van der Waals surface area contributed by atoms with Gasteiger partial charge in [0.25, 0.3) is 0 Å². The van der Waals surface area contributed by atoms with Crippen LogP contribution < -0.4 is 0 Å². The van der Waals surface area contributed by atoms with Gasteiger partial charge in [-0.05, 0) is 43.1 Å². The van der Waals surface area contributed by atoms with E-state index in [4.69, 9.17) is 4.74 Å². The fourth-order valence-electron chi connectivity index (χ4n) is 4.41. The molecule has 0 aromatic heterocycles. The van der Waals surface area contributed by atoms with Gasteiger partial charge in [0.2, 0.25) is 0 Å². The summed E-state index contributed by atoms with van der Waals surface area (Å²) in [6.07, 6.45) is 5.88. The highest BCUT2D eigenvalue weighted by atomic mass is 16.6. The van der Waals surface area contributed by atoms with Crippen LogP contribution in [0.4, 0.5) is 4.79 Å². The Morgan fingerprint density at radius 3 is 2.50 bits per heavy atom. The summed E-state index contributed by atoms with van der Waals surface area (Å²) in [7, 11) is 0. The maximum atomic E-state index is 12.4. The van der Waals surface area contributed by atoms with E-state index in [-0.39, 0.29) is 18.1 Å². The summed E-state index contributed by atoms with van der Waals surface area (Å²) in [5, 5.41) is 14.0. The van der Waals surface area contributed by atoms with Crippen LogP contribution in [0.3, 0.4) is 0 Å². The number of ether oxygens (including phenoxy) is 1. The van der Waals surface area contributed by atoms with Crippen LogP contribution in [0.15, 0.2) is 30.3 Å². The van der Waals surface area contributed by atoms with E-state index in [1.54, 1.807) is 4.90 Å². The maximum Gasteiger partial charge on any atom is 0.410 e. The molecule has 2 fully saturated rings. The van der Waals surface area contributed by atoms with Gasteiger partial charge in [-0.3, -0.25) is 0 Å². The molecule has 1 aromatic rings. The zero-order valence-electron chi connectivity index (χ0n) is 15.5. The lowest BCUT2D eigenvalue weighted by molar-refractivity contribution is 0.0478. The predicted octanol–water partition coefficient (Wildman–Crippen LogP) is 5.06. The van der Waals surface area contributed by atoms with Crippen molar-refractivity contribution in [2.75, 3.05) is 13.1 Å². The molecule has 0 atom stereocenters. The van der Waals surface area contributed by atoms with Crippen LogP contribution in [0.2, 0.25) is 0 Å². The summed E-state index contributed by atoms with van der Waals surface area (Å²) in [5.41, 5.74) is 0.716. The van der Waals surface area contributed by atoms with E-state index >= 15 is 0 Å². The number of hydrogen-bond acceptors (Lipinski definition) is 3. The number of carbonyl (C=O) groups is 1. The number of rotatable bonds is 3. The minimum atomic E-state index is -0.279. The van der Waals surface area contributed by atoms with Crippen LogP contribution in [0.25, 0.3) is 5.01 Å². The van der Waals surface area contributed by atoms with Crippen molar-refractivity contribution >= 4 is 6.09 Å². The van der Waals surface area contributed by atoms with E-state index in [0.717, 1.165) is 37.2 Å². The molecule has 26 heavy (non-hydrogen) atoms. The van der Waals surface area contributed by atoms with E-state index < -0.39 is 0 Å². The van der Waals surface area contributed by atoms with Gasteiger partial charge in [-0.1, -0.05) is 50.1 Å². The van der Waals surface area contributed by atoms with Gasteiger partial charge in [-0.15, -0.1) is 0 Å². The van der Waals surface area contributed by atoms with E-state index in [0.29, 0.717) is 19.0 Å². The average Bonchev–Trinajstić information content (AvgIpc) is 2.68. The smallest absolute Gasteiger partial charge is 0.410 e. The Labute approximate surface area is 155 Å². The molecule has 1 saturated carbocycles. The Morgan fingerprint density at radius 2 is 1.88 bits per heavy atom. The highest BCUT2D eigenvalue weighted by Gasteiger charge is 2.46. The van der Waals surface area contributed by atoms with Gasteiger partial charge in [0.1, 0.15) is 12.0 Å². The molecule has 3 rings (SSSR count). The number of hydrogen-bond donors (Lipinski definition) is 0. The Hall–Kier alpha value is -2.22. The highest BCUT2D eigenvalue weighted by molar-refractivity contribution is 5.67. The van der Waals surface area contributed by atoms with Gasteiger partial charge in [0.15, 0.2) is 0 Å². The molecule has 1 aliphatic heterocycles. The van der Waals surface area contributed by atoms with Crippen LogP contribution >= 0.6 is 0 Å². The Kier molecular flexibility index (Phi) is 6.03. The third-order valence-corrected chi connectivity index (χ3v) is 6.18. The van der Waals surface area contributed by atoms with Gasteiger partial charge in [0, 0.05) is 18.1 Å². The van der Waals surface area contributed by atoms with Gasteiger partial charge < -0.3 is 14.8 Å². The summed E-state index contributed by atoms with van der Waals surface area (Å²) >= 11 is 0. The molecular weight excluding hydrogens is 328 g/mol. The molecule has 2 aliphatic rings. The van der Waals surface area contributed by atoms with E-state index in [1.165, 1.54) is 12.8 Å². The third-order valence-electron chi connectivity index (χ3n) is 6.18. The minimum absolute atomic E-state index is 0.266. The number of carbonyl (C=O) groups excluding carboxylic acids is 1. The lowest BCUT2D eigenvalue weighted by Gasteiger charge is -2.42. The molecule has 140 valence electrons. The van der Waals surface area contributed by atoms with Gasteiger partial charge in [-0.25, -0.2) is 4.79 Å². The molecule has 0 bridgehead atoms. The minimum Gasteiger partial charge on any atom is -0.498 e. The quantitative estimate of drug-likeness (QED) is 0.711. The second-order valence-corrected chi connectivity index (χ2v) is 7.84. The Morgan fingerprint density at radius 1 is 1.23 bits per heavy atom. The van der Waals surface area contributed by atoms with E-state index in [1.807, 2.05) is 30.3 Å². The first-order valence-corrected chi connectivity index (χ1v) is 9.68. The van der Waals surface area contributed by atoms with Crippen molar-refractivity contribution in [1.29, 1.82) is 0 Å². The summed E-state index contributed by atoms with van der Waals surface area (Å²) in [4.78, 5) is 14.1. The number of likely N-dealkylation sites (tertiary alicyclic amines) is 1. The van der Waals surface area contributed by atoms with Crippen molar-refractivity contribution in [2.24, 2.45) is 17.3 Å². The van der Waals surface area contributed by atoms with Crippen molar-refractivity contribution < 1.29 is 9.53 Å². The highest BCUT2D eigenvalue weighted by Crippen LogP contribution is 2.46. The Bertz CT molecular complexity index is 649. The molecular formula is C21H28N2O3. The van der Waals surface area contributed by atoms with Crippen LogP contribution in [0, 0.1) is 28.5 Å². The summed E-state index contributed by atoms with van der Waals surface area (Å²) in [5.74, 6) is 1.22. The Balaban J connectivity index is 1.55. The van der Waals surface area contributed by atoms with Crippen molar-refractivity contribution in [3.63, 3.8) is 0 Å². The van der Waals surface area contributed by atoms with Crippen LogP contribution in [0.5, 0.6) is 0 Å². The SMILES string of the molecule is CC1CCC(C2(C#[N+][O-])CCN(C(=O)OCc3ccccc3)CC2)CC1. The first-order valence-electron chi connectivity index (χ1n) is 9.68. The second kappa shape index (κ2) is 8.44. The average molecular weight is 356 g/mol. The number of benzene rings is 1. The van der Waals surface area contributed by atoms with Crippen LogP contribution in [0.1, 0.15) is 51.0 Å². The molecule has 1 aliphatic carbocycles. The molecule has 0 radical (unpaired) electrons. The molecule has 1 amide bonds. The van der Waals surface area contributed by atoms with E-state index in [9.17, 15) is 10.0 Å². The van der Waals surface area contributed by atoms with Crippen molar-refractivity contribution in [1.82, 2.24) is 4.90 Å². The summed E-state index contributed by atoms with van der Waals surface area (Å²) in [6, 6.07) is 12.6. The standard InChI is InChI=1S/C21H28N2O3/c1-17-7-9-19(10-8-17)21(16-22-25)11-13-23(14-12-21)20(24)26-15-18-5-3-2-4-6-18/h2-6,17,19H,7-15H2,1H3. The monoisotopic (exact) mass is 356 g/mol. The second-order valence-electron chi connectivity index (χ2n) is 7.84. The first-order chi connectivity index (χ1) is 12.6. The van der Waals surface area contributed by atoms with E-state index in [2.05, 4.69) is 18.0 Å². The van der Waals surface area contributed by atoms with Crippen molar-refractivity contribution in [2.45, 2.75) is 52.1 Å². The lowest BCUT2D eigenvalue weighted by Crippen LogP contribution is -2.46. The fourth-order valence-corrected chi connectivity index (χ4v) is 4.41. The van der Waals surface area contributed by atoms with Gasteiger partial charge in [0.05, 0.1) is 0 Å². The number of amides is 1. The lowest BCUT2D eigenvalue weighted by atomic mass is 9.63. The molecule has 1 heterocycles. The van der Waals surface area contributed by atoms with Gasteiger partial charge in [-0.2, -0.15) is 0 Å². The molecule has 0 unspecified atom stereocenters. The summed E-state index contributed by atoms with van der Waals surface area (Å²) in [6.45, 7) is 3.78. The molecule has 0 N–H and O–H groups in total. The van der Waals surface area contributed by atoms with Crippen molar-refractivity contribution in [3.05, 3.63) is 46.1 Å². The molecule has 5 heteroatoms. The van der Waals surface area contributed by atoms with Crippen LogP contribution in [-0.2, 0) is 11.3 Å². The molecule has 1 saturated heterocycles. The topological polar surface area (TPSA) is 57.0 Å². The van der Waals surface area contributed by atoms with Crippen LogP contribution in [-0.4, -0.2) is 24.1 Å². The fraction of sp³-hybridized carbons (Fsp3) is 0.619. The molecule has 5 nitrogen and oxygen atoms in total. The predicted molar refractivity (Wildman–Crippen MR) is 102 cm³/mol. The number of nitrogens with zero attached hydrogens (tertiary/aromatic N) is 2. The van der Waals surface area contributed by atoms with Crippen molar-refractivity contribution in [3.8, 4) is 6.07 Å². The molecule has 0 spiro atoms. The normalized spacial score (nSPS) is 25.0. The largest absolute Gasteiger partial charge is 0.498 e. The zero-order chi connectivity index (χ0) is 18.4. The third kappa shape index (κ3) is 4.30. The zero-order valence-corrected chi connectivity index (χ0v) is 15.5.